The number of morpholine rings is 1. The van der Waals surface area contributed by atoms with Crippen molar-refractivity contribution in [3.05, 3.63) is 87.6 Å². The second-order valence-electron chi connectivity index (χ2n) is 9.66. The highest BCUT2D eigenvalue weighted by Crippen LogP contribution is 2.34. The SMILES string of the molecule is Cc1cccc(CN2C(=O)O[C@@H](c3ccc(NC(=O)c4cccs4)cc3)[C@H]2C(=O)NCCN2CCOCC2)c1. The van der Waals surface area contributed by atoms with Gasteiger partial charge in [0.05, 0.1) is 24.6 Å². The minimum Gasteiger partial charge on any atom is -0.438 e. The molecule has 1 aromatic heterocycles. The van der Waals surface area contributed by atoms with Crippen LogP contribution in [-0.4, -0.2) is 73.1 Å². The molecule has 0 spiro atoms. The Bertz CT molecular complexity index is 1290. The van der Waals surface area contributed by atoms with Crippen LogP contribution in [-0.2, 0) is 20.8 Å². The second kappa shape index (κ2) is 12.4. The van der Waals surface area contributed by atoms with E-state index in [9.17, 15) is 14.4 Å². The van der Waals surface area contributed by atoms with Gasteiger partial charge in [-0.25, -0.2) is 4.79 Å². The first-order chi connectivity index (χ1) is 19.0. The highest BCUT2D eigenvalue weighted by Gasteiger charge is 2.47. The number of hydrogen-bond donors (Lipinski definition) is 2. The number of hydrogen-bond acceptors (Lipinski definition) is 7. The summed E-state index contributed by atoms with van der Waals surface area (Å²) >= 11 is 1.37. The van der Waals surface area contributed by atoms with E-state index in [2.05, 4.69) is 15.5 Å². The van der Waals surface area contributed by atoms with Gasteiger partial charge in [0.15, 0.2) is 12.1 Å². The quantitative estimate of drug-likeness (QED) is 0.422. The summed E-state index contributed by atoms with van der Waals surface area (Å²) in [6.07, 6.45) is -1.32. The highest BCUT2D eigenvalue weighted by molar-refractivity contribution is 7.12. The van der Waals surface area contributed by atoms with Gasteiger partial charge in [-0.05, 0) is 41.6 Å². The largest absolute Gasteiger partial charge is 0.438 e. The van der Waals surface area contributed by atoms with Crippen LogP contribution in [0.15, 0.2) is 66.0 Å². The maximum Gasteiger partial charge on any atom is 0.411 e. The fraction of sp³-hybridized carbons (Fsp3) is 0.345. The van der Waals surface area contributed by atoms with Crippen molar-refractivity contribution >= 4 is 34.9 Å². The first-order valence-electron chi connectivity index (χ1n) is 13.0. The molecule has 0 radical (unpaired) electrons. The van der Waals surface area contributed by atoms with E-state index in [4.69, 9.17) is 9.47 Å². The van der Waals surface area contributed by atoms with Crippen LogP contribution in [0.4, 0.5) is 10.5 Å². The first-order valence-corrected chi connectivity index (χ1v) is 13.9. The van der Waals surface area contributed by atoms with Crippen molar-refractivity contribution in [1.29, 1.82) is 0 Å². The number of aryl methyl sites for hydroxylation is 1. The van der Waals surface area contributed by atoms with Gasteiger partial charge < -0.3 is 20.1 Å². The van der Waals surface area contributed by atoms with Crippen LogP contribution in [0.2, 0.25) is 0 Å². The van der Waals surface area contributed by atoms with E-state index < -0.39 is 18.2 Å². The number of anilines is 1. The van der Waals surface area contributed by atoms with E-state index >= 15 is 0 Å². The summed E-state index contributed by atoms with van der Waals surface area (Å²) in [5, 5.41) is 7.74. The third-order valence-corrected chi connectivity index (χ3v) is 7.73. The highest BCUT2D eigenvalue weighted by atomic mass is 32.1. The Morgan fingerprint density at radius 2 is 1.85 bits per heavy atom. The molecule has 0 bridgehead atoms. The molecule has 2 N–H and O–H groups in total. The molecule has 0 saturated carbocycles. The van der Waals surface area contributed by atoms with Crippen LogP contribution in [0, 0.1) is 6.92 Å². The molecule has 3 aromatic rings. The van der Waals surface area contributed by atoms with Gasteiger partial charge in [-0.1, -0.05) is 48.0 Å². The van der Waals surface area contributed by atoms with Crippen molar-refractivity contribution in [2.75, 3.05) is 44.7 Å². The van der Waals surface area contributed by atoms with Crippen molar-refractivity contribution in [3.8, 4) is 0 Å². The summed E-state index contributed by atoms with van der Waals surface area (Å²) in [5.74, 6) is -0.450. The monoisotopic (exact) mass is 548 g/mol. The van der Waals surface area contributed by atoms with Gasteiger partial charge in [-0.15, -0.1) is 11.3 Å². The minimum atomic E-state index is -0.839. The standard InChI is InChI=1S/C29H32N4O5S/c1-20-4-2-5-21(18-20)19-33-25(28(35)30-11-12-32-13-15-37-16-14-32)26(38-29(33)36)22-7-9-23(10-8-22)31-27(34)24-6-3-17-39-24/h2-10,17-18,25-26H,11-16,19H2,1H3,(H,30,35)(H,31,34)/t25-,26-/m0/s1. The molecular formula is C29H32N4O5S. The Morgan fingerprint density at radius 3 is 2.56 bits per heavy atom. The summed E-state index contributed by atoms with van der Waals surface area (Å²) in [5.41, 5.74) is 3.29. The number of nitrogens with zero attached hydrogens (tertiary/aromatic N) is 2. The smallest absolute Gasteiger partial charge is 0.411 e. The van der Waals surface area contributed by atoms with Crippen LogP contribution in [0.1, 0.15) is 32.5 Å². The molecule has 10 heteroatoms. The minimum absolute atomic E-state index is 0.188. The molecule has 0 aliphatic carbocycles. The van der Waals surface area contributed by atoms with E-state index in [-0.39, 0.29) is 18.4 Å². The molecule has 2 aliphatic heterocycles. The molecule has 0 unspecified atom stereocenters. The van der Waals surface area contributed by atoms with Crippen LogP contribution in [0.3, 0.4) is 0 Å². The average molecular weight is 549 g/mol. The third-order valence-electron chi connectivity index (χ3n) is 6.86. The van der Waals surface area contributed by atoms with Gasteiger partial charge in [0.25, 0.3) is 5.91 Å². The Balaban J connectivity index is 1.32. The molecule has 2 saturated heterocycles. The van der Waals surface area contributed by atoms with Crippen molar-refractivity contribution < 1.29 is 23.9 Å². The number of carbonyl (C=O) groups excluding carboxylic acids is 3. The van der Waals surface area contributed by atoms with Crippen LogP contribution >= 0.6 is 11.3 Å². The van der Waals surface area contributed by atoms with Gasteiger partial charge in [0.2, 0.25) is 5.91 Å². The summed E-state index contributed by atoms with van der Waals surface area (Å²) in [6, 6.07) is 17.7. The Morgan fingerprint density at radius 1 is 1.05 bits per heavy atom. The molecule has 2 aromatic carbocycles. The molecule has 2 fully saturated rings. The fourth-order valence-electron chi connectivity index (χ4n) is 4.84. The zero-order chi connectivity index (χ0) is 27.2. The lowest BCUT2D eigenvalue weighted by atomic mass is 10.00. The van der Waals surface area contributed by atoms with Crippen molar-refractivity contribution in [2.45, 2.75) is 25.6 Å². The van der Waals surface area contributed by atoms with Crippen LogP contribution < -0.4 is 10.6 Å². The van der Waals surface area contributed by atoms with Gasteiger partial charge in [-0.3, -0.25) is 19.4 Å². The summed E-state index contributed by atoms with van der Waals surface area (Å²) < 4.78 is 11.2. The average Bonchev–Trinajstić information content (AvgIpc) is 3.59. The number of cyclic esters (lactones) is 1. The summed E-state index contributed by atoms with van der Waals surface area (Å²) in [6.45, 7) is 6.46. The molecule has 3 heterocycles. The van der Waals surface area contributed by atoms with Crippen molar-refractivity contribution in [2.24, 2.45) is 0 Å². The summed E-state index contributed by atoms with van der Waals surface area (Å²) in [7, 11) is 0. The van der Waals surface area contributed by atoms with Crippen LogP contribution in [0.5, 0.6) is 0 Å². The van der Waals surface area contributed by atoms with E-state index in [0.29, 0.717) is 42.4 Å². The molecule has 3 amide bonds. The number of ether oxygens (including phenoxy) is 2. The predicted molar refractivity (Wildman–Crippen MR) is 149 cm³/mol. The van der Waals surface area contributed by atoms with E-state index in [1.807, 2.05) is 42.6 Å². The Kier molecular flexibility index (Phi) is 8.55. The topological polar surface area (TPSA) is 100 Å². The number of amides is 3. The lowest BCUT2D eigenvalue weighted by Gasteiger charge is -2.28. The van der Waals surface area contributed by atoms with Gasteiger partial charge >= 0.3 is 6.09 Å². The first kappa shape index (κ1) is 26.9. The van der Waals surface area contributed by atoms with Crippen molar-refractivity contribution in [3.63, 3.8) is 0 Å². The molecule has 5 rings (SSSR count). The Hall–Kier alpha value is -3.73. The molecule has 9 nitrogen and oxygen atoms in total. The van der Waals surface area contributed by atoms with Crippen molar-refractivity contribution in [1.82, 2.24) is 15.1 Å². The molecule has 39 heavy (non-hydrogen) atoms. The van der Waals surface area contributed by atoms with Crippen LogP contribution in [0.25, 0.3) is 0 Å². The maximum atomic E-state index is 13.5. The normalized spacial score (nSPS) is 19.5. The van der Waals surface area contributed by atoms with Gasteiger partial charge in [0, 0.05) is 31.9 Å². The van der Waals surface area contributed by atoms with E-state index in [1.54, 1.807) is 30.3 Å². The zero-order valence-corrected chi connectivity index (χ0v) is 22.6. The molecule has 204 valence electrons. The summed E-state index contributed by atoms with van der Waals surface area (Å²) in [4.78, 5) is 43.4. The number of nitrogens with one attached hydrogen (secondary N) is 2. The lowest BCUT2D eigenvalue weighted by Crippen LogP contribution is -2.48. The number of thiophene rings is 1. The second-order valence-corrected chi connectivity index (χ2v) is 10.6. The predicted octanol–water partition coefficient (Wildman–Crippen LogP) is 3.82. The maximum absolute atomic E-state index is 13.5. The lowest BCUT2D eigenvalue weighted by molar-refractivity contribution is -0.126. The molecular weight excluding hydrogens is 516 g/mol. The Labute approximate surface area is 231 Å². The zero-order valence-electron chi connectivity index (χ0n) is 21.8. The number of rotatable bonds is 9. The van der Waals surface area contributed by atoms with Gasteiger partial charge in [-0.2, -0.15) is 0 Å². The molecule has 2 aliphatic rings. The number of benzene rings is 2. The van der Waals surface area contributed by atoms with E-state index in [0.717, 1.165) is 24.2 Å². The fourth-order valence-corrected chi connectivity index (χ4v) is 5.46. The third kappa shape index (κ3) is 6.65. The molecule has 2 atom stereocenters. The van der Waals surface area contributed by atoms with Gasteiger partial charge in [0.1, 0.15) is 0 Å². The van der Waals surface area contributed by atoms with E-state index in [1.165, 1.54) is 16.2 Å². The number of carbonyl (C=O) groups is 3.